The summed E-state index contributed by atoms with van der Waals surface area (Å²) in [6, 6.07) is 11.4. The molecule has 0 aliphatic heterocycles. The van der Waals surface area contributed by atoms with Crippen molar-refractivity contribution in [3.8, 4) is 5.75 Å². The lowest BCUT2D eigenvalue weighted by Gasteiger charge is -2.16. The van der Waals surface area contributed by atoms with Crippen LogP contribution in [0.2, 0.25) is 0 Å². The van der Waals surface area contributed by atoms with Crippen LogP contribution in [-0.2, 0) is 4.79 Å². The van der Waals surface area contributed by atoms with Crippen LogP contribution in [-0.4, -0.2) is 17.0 Å². The van der Waals surface area contributed by atoms with Crippen LogP contribution >= 0.6 is 0 Å². The third-order valence-electron chi connectivity index (χ3n) is 3.27. The number of para-hydroxylation sites is 2. The van der Waals surface area contributed by atoms with Crippen LogP contribution in [0.15, 0.2) is 48.8 Å². The minimum absolute atomic E-state index is 0.0313. The highest BCUT2D eigenvalue weighted by Crippen LogP contribution is 2.26. The molecule has 0 saturated heterocycles. The minimum Gasteiger partial charge on any atom is -0.489 e. The van der Waals surface area contributed by atoms with Crippen molar-refractivity contribution in [1.82, 2.24) is 4.98 Å². The van der Waals surface area contributed by atoms with Gasteiger partial charge in [-0.3, -0.25) is 9.78 Å². The smallest absolute Gasteiger partial charge is 0.225 e. The lowest BCUT2D eigenvalue weighted by atomic mass is 9.99. The van der Waals surface area contributed by atoms with Crippen LogP contribution in [0.3, 0.4) is 0 Å². The van der Waals surface area contributed by atoms with E-state index in [0.717, 1.165) is 5.56 Å². The zero-order valence-corrected chi connectivity index (χ0v) is 13.2. The average Bonchev–Trinajstić information content (AvgIpc) is 2.49. The zero-order valence-electron chi connectivity index (χ0n) is 13.2. The van der Waals surface area contributed by atoms with Gasteiger partial charge in [0.1, 0.15) is 5.75 Å². The third kappa shape index (κ3) is 4.58. The number of carbonyl (C=O) groups is 1. The van der Waals surface area contributed by atoms with Crippen molar-refractivity contribution in [2.75, 3.05) is 5.32 Å². The van der Waals surface area contributed by atoms with Gasteiger partial charge in [-0.15, -0.1) is 0 Å². The Labute approximate surface area is 131 Å². The quantitative estimate of drug-likeness (QED) is 0.877. The molecule has 4 heteroatoms. The first kappa shape index (κ1) is 16.0. The molecule has 1 aromatic heterocycles. The van der Waals surface area contributed by atoms with Crippen molar-refractivity contribution in [2.24, 2.45) is 0 Å². The van der Waals surface area contributed by atoms with E-state index in [2.05, 4.69) is 10.3 Å². The maximum absolute atomic E-state index is 12.2. The second kappa shape index (κ2) is 7.59. The molecule has 0 spiro atoms. The number of ether oxygens (including phenoxy) is 1. The number of amides is 1. The number of pyridine rings is 1. The minimum atomic E-state index is -0.0313. The van der Waals surface area contributed by atoms with Gasteiger partial charge in [0, 0.05) is 18.8 Å². The Morgan fingerprint density at radius 2 is 1.95 bits per heavy atom. The monoisotopic (exact) mass is 298 g/mol. The Bertz CT molecular complexity index is 611. The number of hydrogen-bond acceptors (Lipinski definition) is 3. The molecule has 1 N–H and O–H groups in total. The number of benzene rings is 1. The van der Waals surface area contributed by atoms with Crippen molar-refractivity contribution in [1.29, 1.82) is 0 Å². The molecule has 0 aliphatic carbocycles. The number of nitrogens with one attached hydrogen (secondary N) is 1. The summed E-state index contributed by atoms with van der Waals surface area (Å²) in [5.74, 6) is 0.780. The van der Waals surface area contributed by atoms with Gasteiger partial charge in [-0.2, -0.15) is 0 Å². The maximum atomic E-state index is 12.2. The van der Waals surface area contributed by atoms with E-state index in [-0.39, 0.29) is 17.9 Å². The zero-order chi connectivity index (χ0) is 15.9. The SMILES string of the molecule is CC(C)Oc1ccccc1NC(=O)CC(C)c1cccnc1. The Morgan fingerprint density at radius 3 is 2.64 bits per heavy atom. The van der Waals surface area contributed by atoms with Gasteiger partial charge in [-0.1, -0.05) is 25.1 Å². The van der Waals surface area contributed by atoms with E-state index in [1.807, 2.05) is 57.2 Å². The van der Waals surface area contributed by atoms with E-state index < -0.39 is 0 Å². The van der Waals surface area contributed by atoms with Crippen molar-refractivity contribution in [2.45, 2.75) is 39.2 Å². The van der Waals surface area contributed by atoms with Gasteiger partial charge in [0.2, 0.25) is 5.91 Å². The summed E-state index contributed by atoms with van der Waals surface area (Å²) in [6.07, 6.45) is 4.00. The Morgan fingerprint density at radius 1 is 1.18 bits per heavy atom. The molecule has 22 heavy (non-hydrogen) atoms. The van der Waals surface area contributed by atoms with Crippen LogP contribution in [0, 0.1) is 0 Å². The topological polar surface area (TPSA) is 51.2 Å². The summed E-state index contributed by atoms with van der Waals surface area (Å²) in [4.78, 5) is 16.3. The number of rotatable bonds is 6. The second-order valence-corrected chi connectivity index (χ2v) is 5.60. The predicted octanol–water partition coefficient (Wildman–Crippen LogP) is 4.00. The molecule has 1 heterocycles. The standard InChI is InChI=1S/C18H22N2O2/c1-13(2)22-17-9-5-4-8-16(17)20-18(21)11-14(3)15-7-6-10-19-12-15/h4-10,12-14H,11H2,1-3H3,(H,20,21). The summed E-state index contributed by atoms with van der Waals surface area (Å²) >= 11 is 0. The maximum Gasteiger partial charge on any atom is 0.225 e. The van der Waals surface area contributed by atoms with Crippen molar-refractivity contribution in [3.05, 3.63) is 54.4 Å². The molecule has 1 amide bonds. The highest BCUT2D eigenvalue weighted by Gasteiger charge is 2.13. The van der Waals surface area contributed by atoms with E-state index >= 15 is 0 Å². The molecule has 1 unspecified atom stereocenters. The van der Waals surface area contributed by atoms with Gasteiger partial charge < -0.3 is 10.1 Å². The number of aromatic nitrogens is 1. The highest BCUT2D eigenvalue weighted by atomic mass is 16.5. The van der Waals surface area contributed by atoms with Gasteiger partial charge >= 0.3 is 0 Å². The van der Waals surface area contributed by atoms with Gasteiger partial charge in [0.25, 0.3) is 0 Å². The van der Waals surface area contributed by atoms with Crippen LogP contribution in [0.1, 0.15) is 38.7 Å². The number of carbonyl (C=O) groups excluding carboxylic acids is 1. The molecule has 2 aromatic rings. The van der Waals surface area contributed by atoms with Gasteiger partial charge in [0.05, 0.1) is 11.8 Å². The van der Waals surface area contributed by atoms with Gasteiger partial charge in [0.15, 0.2) is 0 Å². The van der Waals surface area contributed by atoms with Crippen molar-refractivity contribution < 1.29 is 9.53 Å². The van der Waals surface area contributed by atoms with Crippen molar-refractivity contribution in [3.63, 3.8) is 0 Å². The molecule has 0 radical (unpaired) electrons. The summed E-state index contributed by atoms with van der Waals surface area (Å²) in [6.45, 7) is 5.94. The first-order valence-electron chi connectivity index (χ1n) is 7.51. The molecule has 0 saturated carbocycles. The lowest BCUT2D eigenvalue weighted by molar-refractivity contribution is -0.116. The molecular formula is C18H22N2O2. The Kier molecular flexibility index (Phi) is 5.53. The highest BCUT2D eigenvalue weighted by molar-refractivity contribution is 5.92. The first-order valence-corrected chi connectivity index (χ1v) is 7.51. The molecule has 2 rings (SSSR count). The molecule has 0 bridgehead atoms. The molecule has 0 aliphatic rings. The second-order valence-electron chi connectivity index (χ2n) is 5.60. The molecule has 4 nitrogen and oxygen atoms in total. The first-order chi connectivity index (χ1) is 10.6. The fraction of sp³-hybridized carbons (Fsp3) is 0.333. The van der Waals surface area contributed by atoms with Crippen molar-refractivity contribution >= 4 is 11.6 Å². The van der Waals surface area contributed by atoms with E-state index in [9.17, 15) is 4.79 Å². The third-order valence-corrected chi connectivity index (χ3v) is 3.27. The van der Waals surface area contributed by atoms with Gasteiger partial charge in [-0.25, -0.2) is 0 Å². The number of nitrogens with zero attached hydrogens (tertiary/aromatic N) is 1. The fourth-order valence-corrected chi connectivity index (χ4v) is 2.19. The van der Waals surface area contributed by atoms with Crippen LogP contribution in [0.25, 0.3) is 0 Å². The van der Waals surface area contributed by atoms with E-state index in [1.54, 1.807) is 12.4 Å². The number of hydrogen-bond donors (Lipinski definition) is 1. The van der Waals surface area contributed by atoms with Crippen LogP contribution < -0.4 is 10.1 Å². The van der Waals surface area contributed by atoms with E-state index in [0.29, 0.717) is 17.9 Å². The Hall–Kier alpha value is -2.36. The summed E-state index contributed by atoms with van der Waals surface area (Å²) in [7, 11) is 0. The normalized spacial score (nSPS) is 12.0. The largest absolute Gasteiger partial charge is 0.489 e. The van der Waals surface area contributed by atoms with Crippen LogP contribution in [0.4, 0.5) is 5.69 Å². The molecule has 1 aromatic carbocycles. The van der Waals surface area contributed by atoms with E-state index in [1.165, 1.54) is 0 Å². The fourth-order valence-electron chi connectivity index (χ4n) is 2.19. The number of anilines is 1. The summed E-state index contributed by atoms with van der Waals surface area (Å²) in [5.41, 5.74) is 1.77. The summed E-state index contributed by atoms with van der Waals surface area (Å²) in [5, 5.41) is 2.93. The Balaban J connectivity index is 2.00. The molecular weight excluding hydrogens is 276 g/mol. The van der Waals surface area contributed by atoms with Gasteiger partial charge in [-0.05, 0) is 43.5 Å². The molecule has 116 valence electrons. The average molecular weight is 298 g/mol. The molecule has 0 fully saturated rings. The molecule has 1 atom stereocenters. The predicted molar refractivity (Wildman–Crippen MR) is 88.1 cm³/mol. The van der Waals surface area contributed by atoms with Crippen LogP contribution in [0.5, 0.6) is 5.75 Å². The summed E-state index contributed by atoms with van der Waals surface area (Å²) < 4.78 is 5.71. The van der Waals surface area contributed by atoms with E-state index in [4.69, 9.17) is 4.74 Å². The lowest BCUT2D eigenvalue weighted by Crippen LogP contribution is -2.16.